The number of anilines is 1. The summed E-state index contributed by atoms with van der Waals surface area (Å²) in [7, 11) is -4.07. The smallest absolute Gasteiger partial charge is 0.333 e. The summed E-state index contributed by atoms with van der Waals surface area (Å²) in [5.74, 6) is -0.282. The Kier molecular flexibility index (Phi) is 6.42. The SMILES string of the molecule is C=CCn1ccc(C(=O)c2cncnc2NC2CC(O)C(COS(N)(=O)=O)C2)c1. The Morgan fingerprint density at radius 3 is 3.00 bits per heavy atom. The van der Waals surface area contributed by atoms with E-state index >= 15 is 0 Å². The summed E-state index contributed by atoms with van der Waals surface area (Å²) in [5.41, 5.74) is 0.804. The summed E-state index contributed by atoms with van der Waals surface area (Å²) in [6, 6.07) is 1.49. The number of aliphatic hydroxyl groups excluding tert-OH is 1. The molecule has 3 atom stereocenters. The van der Waals surface area contributed by atoms with Crippen molar-refractivity contribution in [2.24, 2.45) is 11.1 Å². The van der Waals surface area contributed by atoms with E-state index in [1.165, 1.54) is 12.5 Å². The van der Waals surface area contributed by atoms with Gasteiger partial charge in [-0.1, -0.05) is 6.08 Å². The molecular weight excluding hydrogens is 398 g/mol. The highest BCUT2D eigenvalue weighted by Crippen LogP contribution is 2.30. The van der Waals surface area contributed by atoms with Gasteiger partial charge in [-0.05, 0) is 18.9 Å². The molecule has 0 amide bonds. The van der Waals surface area contributed by atoms with Crippen molar-refractivity contribution in [2.75, 3.05) is 11.9 Å². The number of nitrogens with two attached hydrogens (primary N) is 1. The van der Waals surface area contributed by atoms with Crippen LogP contribution in [0.5, 0.6) is 0 Å². The minimum Gasteiger partial charge on any atom is -0.393 e. The van der Waals surface area contributed by atoms with Gasteiger partial charge in [-0.15, -0.1) is 6.58 Å². The van der Waals surface area contributed by atoms with Gasteiger partial charge in [0.15, 0.2) is 5.78 Å². The maximum Gasteiger partial charge on any atom is 0.333 e. The van der Waals surface area contributed by atoms with Gasteiger partial charge in [-0.2, -0.15) is 8.42 Å². The molecule has 1 fully saturated rings. The first-order valence-electron chi connectivity index (χ1n) is 9.00. The number of carbonyl (C=O) groups is 1. The van der Waals surface area contributed by atoms with Crippen LogP contribution in [0.3, 0.4) is 0 Å². The highest BCUT2D eigenvalue weighted by Gasteiger charge is 2.34. The molecule has 0 aliphatic heterocycles. The summed E-state index contributed by atoms with van der Waals surface area (Å²) < 4.78 is 28.4. The van der Waals surface area contributed by atoms with Crippen molar-refractivity contribution in [3.05, 3.63) is 54.8 Å². The molecule has 156 valence electrons. The minimum atomic E-state index is -4.07. The Balaban J connectivity index is 1.71. The fourth-order valence-corrected chi connectivity index (χ4v) is 3.74. The third kappa shape index (κ3) is 5.48. The fraction of sp³-hybridized carbons (Fsp3) is 0.389. The standard InChI is InChI=1S/C18H23N5O5S/c1-2-4-23-5-3-12(9-23)17(25)15-8-20-11-21-18(15)22-14-6-13(16(24)7-14)10-28-29(19,26)27/h2-3,5,8-9,11,13-14,16,24H,1,4,6-7,10H2,(H2,19,26,27)(H,20,21,22). The van der Waals surface area contributed by atoms with Crippen LogP contribution in [-0.4, -0.2) is 52.6 Å². The third-order valence-corrected chi connectivity index (χ3v) is 5.22. The van der Waals surface area contributed by atoms with Gasteiger partial charge in [0.2, 0.25) is 0 Å². The monoisotopic (exact) mass is 421 g/mol. The highest BCUT2D eigenvalue weighted by atomic mass is 32.2. The van der Waals surface area contributed by atoms with Crippen LogP contribution in [-0.2, 0) is 21.0 Å². The van der Waals surface area contributed by atoms with Crippen LogP contribution in [0.1, 0.15) is 28.8 Å². The molecule has 2 heterocycles. The average Bonchev–Trinajstić information content (AvgIpc) is 3.26. The lowest BCUT2D eigenvalue weighted by Crippen LogP contribution is -2.24. The van der Waals surface area contributed by atoms with Gasteiger partial charge < -0.3 is 15.0 Å². The topological polar surface area (TPSA) is 149 Å². The lowest BCUT2D eigenvalue weighted by Gasteiger charge is -2.15. The van der Waals surface area contributed by atoms with Crippen molar-refractivity contribution < 1.29 is 22.5 Å². The number of nitrogens with zero attached hydrogens (tertiary/aromatic N) is 3. The quantitative estimate of drug-likeness (QED) is 0.391. The Morgan fingerprint density at radius 2 is 2.28 bits per heavy atom. The first-order valence-corrected chi connectivity index (χ1v) is 10.5. The Bertz CT molecular complexity index is 990. The molecular formula is C18H23N5O5S. The molecule has 1 aliphatic rings. The summed E-state index contributed by atoms with van der Waals surface area (Å²) in [6.45, 7) is 4.06. The number of hydrogen-bond acceptors (Lipinski definition) is 8. The van der Waals surface area contributed by atoms with Crippen molar-refractivity contribution in [1.29, 1.82) is 0 Å². The molecule has 1 saturated carbocycles. The van der Waals surface area contributed by atoms with Crippen molar-refractivity contribution in [2.45, 2.75) is 31.5 Å². The first-order chi connectivity index (χ1) is 13.8. The summed E-state index contributed by atoms with van der Waals surface area (Å²) >= 11 is 0. The van der Waals surface area contributed by atoms with Gasteiger partial charge in [0.1, 0.15) is 12.1 Å². The molecule has 3 rings (SSSR count). The van der Waals surface area contributed by atoms with E-state index in [4.69, 9.17) is 5.14 Å². The molecule has 3 unspecified atom stereocenters. The lowest BCUT2D eigenvalue weighted by molar-refractivity contribution is 0.101. The van der Waals surface area contributed by atoms with Crippen molar-refractivity contribution in [1.82, 2.24) is 14.5 Å². The average molecular weight is 421 g/mol. The van der Waals surface area contributed by atoms with Gasteiger partial charge in [0.25, 0.3) is 0 Å². The number of aliphatic hydroxyl groups is 1. The number of rotatable bonds is 9. The second-order valence-electron chi connectivity index (χ2n) is 6.92. The van der Waals surface area contributed by atoms with Crippen LogP contribution < -0.4 is 10.5 Å². The number of ketones is 1. The van der Waals surface area contributed by atoms with Crippen LogP contribution in [0.15, 0.2) is 43.6 Å². The molecule has 0 saturated heterocycles. The molecule has 10 nitrogen and oxygen atoms in total. The van der Waals surface area contributed by atoms with E-state index in [1.54, 1.807) is 24.5 Å². The van der Waals surface area contributed by atoms with Crippen molar-refractivity contribution >= 4 is 21.9 Å². The van der Waals surface area contributed by atoms with Gasteiger partial charge in [-0.25, -0.2) is 15.1 Å². The summed E-state index contributed by atoms with van der Waals surface area (Å²) in [4.78, 5) is 21.0. The van der Waals surface area contributed by atoms with Gasteiger partial charge >= 0.3 is 10.3 Å². The first kappa shape index (κ1) is 21.1. The molecule has 0 bridgehead atoms. The predicted octanol–water partition coefficient (Wildman–Crippen LogP) is 0.467. The van der Waals surface area contributed by atoms with E-state index in [0.717, 1.165) is 0 Å². The second kappa shape index (κ2) is 8.82. The van der Waals surface area contributed by atoms with Crippen molar-refractivity contribution in [3.8, 4) is 0 Å². The van der Waals surface area contributed by atoms with Crippen LogP contribution in [0.25, 0.3) is 0 Å². The Morgan fingerprint density at radius 1 is 1.48 bits per heavy atom. The van der Waals surface area contributed by atoms with Crippen LogP contribution in [0.4, 0.5) is 5.82 Å². The predicted molar refractivity (Wildman–Crippen MR) is 105 cm³/mol. The molecule has 0 radical (unpaired) electrons. The number of nitrogens with one attached hydrogen (secondary N) is 1. The van der Waals surface area contributed by atoms with Crippen LogP contribution >= 0.6 is 0 Å². The van der Waals surface area contributed by atoms with E-state index in [9.17, 15) is 18.3 Å². The van der Waals surface area contributed by atoms with Gasteiger partial charge in [0.05, 0.1) is 18.3 Å². The van der Waals surface area contributed by atoms with E-state index < -0.39 is 22.3 Å². The zero-order valence-corrected chi connectivity index (χ0v) is 16.5. The molecule has 0 aromatic carbocycles. The van der Waals surface area contributed by atoms with Gasteiger partial charge in [0, 0.05) is 42.7 Å². The normalized spacial score (nSPS) is 21.8. The maximum atomic E-state index is 12.9. The third-order valence-electron chi connectivity index (χ3n) is 4.75. The van der Waals surface area contributed by atoms with E-state index in [1.807, 2.05) is 4.57 Å². The van der Waals surface area contributed by atoms with Crippen LogP contribution in [0, 0.1) is 5.92 Å². The summed E-state index contributed by atoms with van der Waals surface area (Å²) in [6.07, 6.45) is 8.04. The van der Waals surface area contributed by atoms with E-state index in [2.05, 4.69) is 26.0 Å². The Hall–Kier alpha value is -2.60. The minimum absolute atomic E-state index is 0.204. The second-order valence-corrected chi connectivity index (χ2v) is 8.14. The van der Waals surface area contributed by atoms with E-state index in [0.29, 0.717) is 36.3 Å². The zero-order chi connectivity index (χ0) is 21.0. The lowest BCUT2D eigenvalue weighted by atomic mass is 10.1. The molecule has 1 aliphatic carbocycles. The van der Waals surface area contributed by atoms with E-state index in [-0.39, 0.29) is 18.4 Å². The van der Waals surface area contributed by atoms with Crippen LogP contribution in [0.2, 0.25) is 0 Å². The van der Waals surface area contributed by atoms with Crippen molar-refractivity contribution in [3.63, 3.8) is 0 Å². The molecule has 0 spiro atoms. The Labute approximate surface area is 168 Å². The molecule has 4 N–H and O–H groups in total. The molecule has 11 heteroatoms. The number of hydrogen-bond donors (Lipinski definition) is 3. The highest BCUT2D eigenvalue weighted by molar-refractivity contribution is 7.84. The number of aromatic nitrogens is 3. The fourth-order valence-electron chi connectivity index (χ4n) is 3.38. The van der Waals surface area contributed by atoms with Gasteiger partial charge in [-0.3, -0.25) is 8.98 Å². The zero-order valence-electron chi connectivity index (χ0n) is 15.6. The largest absolute Gasteiger partial charge is 0.393 e. The number of carbonyl (C=O) groups excluding carboxylic acids is 1. The molecule has 2 aromatic heterocycles. The molecule has 29 heavy (non-hydrogen) atoms. The maximum absolute atomic E-state index is 12.9. The molecule has 2 aromatic rings. The number of allylic oxidation sites excluding steroid dienone is 1. The summed E-state index contributed by atoms with van der Waals surface area (Å²) in [5, 5.41) is 18.2.